The third kappa shape index (κ3) is 3.41. The van der Waals surface area contributed by atoms with Crippen LogP contribution in [-0.4, -0.2) is 31.6 Å². The molecule has 0 amide bonds. The SMILES string of the molecule is COc1cccc(-c2nc3cnc(-c4ccccc4)nc3n2-c2ccc(C3(N)CCC3)cc2)n1. The molecule has 2 N–H and O–H groups in total. The smallest absolute Gasteiger partial charge is 0.213 e. The van der Waals surface area contributed by atoms with E-state index in [-0.39, 0.29) is 5.54 Å². The van der Waals surface area contributed by atoms with E-state index in [1.807, 2.05) is 53.1 Å². The highest BCUT2D eigenvalue weighted by molar-refractivity contribution is 5.80. The first-order valence-corrected chi connectivity index (χ1v) is 11.4. The van der Waals surface area contributed by atoms with Crippen molar-refractivity contribution in [2.24, 2.45) is 5.73 Å². The third-order valence-corrected chi connectivity index (χ3v) is 6.54. The lowest BCUT2D eigenvalue weighted by atomic mass is 9.73. The van der Waals surface area contributed by atoms with E-state index in [9.17, 15) is 0 Å². The topological polar surface area (TPSA) is 91.7 Å². The molecular weight excluding hydrogens is 424 g/mol. The van der Waals surface area contributed by atoms with Crippen molar-refractivity contribution in [2.45, 2.75) is 24.8 Å². The molecule has 168 valence electrons. The number of fused-ring (bicyclic) bond motifs is 1. The van der Waals surface area contributed by atoms with Crippen molar-refractivity contribution >= 4 is 11.2 Å². The number of imidazole rings is 1. The number of nitrogens with zero attached hydrogens (tertiary/aromatic N) is 5. The molecule has 0 spiro atoms. The van der Waals surface area contributed by atoms with Crippen LogP contribution in [0.15, 0.2) is 79.0 Å². The van der Waals surface area contributed by atoms with E-state index < -0.39 is 0 Å². The van der Waals surface area contributed by atoms with Crippen LogP contribution < -0.4 is 10.5 Å². The minimum absolute atomic E-state index is 0.213. The molecule has 7 heteroatoms. The van der Waals surface area contributed by atoms with Crippen molar-refractivity contribution in [1.29, 1.82) is 0 Å². The van der Waals surface area contributed by atoms with Gasteiger partial charge in [-0.1, -0.05) is 48.5 Å². The van der Waals surface area contributed by atoms with Crippen LogP contribution in [0.3, 0.4) is 0 Å². The van der Waals surface area contributed by atoms with Gasteiger partial charge in [-0.3, -0.25) is 4.57 Å². The van der Waals surface area contributed by atoms with Gasteiger partial charge in [0.05, 0.1) is 13.3 Å². The van der Waals surface area contributed by atoms with Crippen molar-refractivity contribution in [1.82, 2.24) is 24.5 Å². The Balaban J connectivity index is 1.55. The summed E-state index contributed by atoms with van der Waals surface area (Å²) in [6, 6.07) is 24.0. The highest BCUT2D eigenvalue weighted by Crippen LogP contribution is 2.39. The van der Waals surface area contributed by atoms with Gasteiger partial charge in [-0.05, 0) is 43.0 Å². The highest BCUT2D eigenvalue weighted by atomic mass is 16.5. The number of aromatic nitrogens is 5. The van der Waals surface area contributed by atoms with Crippen LogP contribution in [-0.2, 0) is 5.54 Å². The van der Waals surface area contributed by atoms with Crippen molar-refractivity contribution in [3.8, 4) is 34.5 Å². The molecule has 1 aliphatic rings. The lowest BCUT2D eigenvalue weighted by Crippen LogP contribution is -2.43. The van der Waals surface area contributed by atoms with Gasteiger partial charge in [0.15, 0.2) is 17.3 Å². The summed E-state index contributed by atoms with van der Waals surface area (Å²) in [7, 11) is 1.61. The summed E-state index contributed by atoms with van der Waals surface area (Å²) < 4.78 is 7.38. The van der Waals surface area contributed by atoms with E-state index in [1.54, 1.807) is 13.3 Å². The predicted molar refractivity (Wildman–Crippen MR) is 132 cm³/mol. The molecular formula is C27H24N6O. The summed E-state index contributed by atoms with van der Waals surface area (Å²) in [6.45, 7) is 0. The molecule has 7 nitrogen and oxygen atoms in total. The number of methoxy groups -OCH3 is 1. The van der Waals surface area contributed by atoms with E-state index in [0.29, 0.717) is 34.4 Å². The van der Waals surface area contributed by atoms with Crippen LogP contribution in [0.25, 0.3) is 39.8 Å². The Hall–Kier alpha value is -4.10. The summed E-state index contributed by atoms with van der Waals surface area (Å²) >= 11 is 0. The van der Waals surface area contributed by atoms with Crippen molar-refractivity contribution in [2.75, 3.05) is 7.11 Å². The lowest BCUT2D eigenvalue weighted by Gasteiger charge is -2.38. The standard InChI is InChI=1S/C27H24N6O/c1-34-23-10-5-9-21(30-23)25-31-22-17-29-24(18-7-3-2-4-8-18)32-26(22)33(25)20-13-11-19(12-14-20)27(28)15-6-16-27/h2-5,7-14,17H,6,15-16,28H2,1H3. The van der Waals surface area contributed by atoms with Crippen LogP contribution in [0.2, 0.25) is 0 Å². The predicted octanol–water partition coefficient (Wildman–Crippen LogP) is 4.89. The largest absolute Gasteiger partial charge is 0.481 e. The second kappa shape index (κ2) is 8.04. The molecule has 0 aliphatic heterocycles. The Bertz CT molecular complexity index is 1470. The van der Waals surface area contributed by atoms with Crippen LogP contribution in [0, 0.1) is 0 Å². The average Bonchev–Trinajstić information content (AvgIpc) is 3.27. The molecule has 6 rings (SSSR count). The number of nitrogens with two attached hydrogens (primary N) is 1. The van der Waals surface area contributed by atoms with E-state index in [1.165, 1.54) is 6.42 Å². The third-order valence-electron chi connectivity index (χ3n) is 6.54. The minimum atomic E-state index is -0.213. The van der Waals surface area contributed by atoms with Gasteiger partial charge >= 0.3 is 0 Å². The molecule has 0 unspecified atom stereocenters. The van der Waals surface area contributed by atoms with E-state index >= 15 is 0 Å². The second-order valence-corrected chi connectivity index (χ2v) is 8.66. The van der Waals surface area contributed by atoms with Crippen molar-refractivity contribution in [3.05, 3.63) is 84.6 Å². The highest BCUT2D eigenvalue weighted by Gasteiger charge is 2.34. The Labute approximate surface area is 197 Å². The average molecular weight is 449 g/mol. The molecule has 34 heavy (non-hydrogen) atoms. The summed E-state index contributed by atoms with van der Waals surface area (Å²) in [6.07, 6.45) is 4.98. The zero-order valence-electron chi connectivity index (χ0n) is 18.8. The zero-order valence-corrected chi connectivity index (χ0v) is 18.8. The quantitative estimate of drug-likeness (QED) is 0.412. The number of hydrogen-bond donors (Lipinski definition) is 1. The van der Waals surface area contributed by atoms with Gasteiger partial charge in [0.25, 0.3) is 0 Å². The van der Waals surface area contributed by atoms with Gasteiger partial charge in [-0.15, -0.1) is 0 Å². The van der Waals surface area contributed by atoms with Crippen LogP contribution >= 0.6 is 0 Å². The van der Waals surface area contributed by atoms with E-state index in [2.05, 4.69) is 34.2 Å². The number of hydrogen-bond acceptors (Lipinski definition) is 6. The monoisotopic (exact) mass is 448 g/mol. The van der Waals surface area contributed by atoms with Crippen LogP contribution in [0.1, 0.15) is 24.8 Å². The first-order chi connectivity index (χ1) is 16.6. The molecule has 0 saturated heterocycles. The molecule has 1 saturated carbocycles. The summed E-state index contributed by atoms with van der Waals surface area (Å²) in [5.74, 6) is 1.84. The van der Waals surface area contributed by atoms with Crippen molar-refractivity contribution in [3.63, 3.8) is 0 Å². The Morgan fingerprint density at radius 2 is 1.68 bits per heavy atom. The number of rotatable bonds is 5. The van der Waals surface area contributed by atoms with Gasteiger partial charge in [0.1, 0.15) is 11.2 Å². The second-order valence-electron chi connectivity index (χ2n) is 8.66. The normalized spacial score (nSPS) is 14.6. The molecule has 2 aromatic carbocycles. The molecule has 3 heterocycles. The zero-order chi connectivity index (χ0) is 23.1. The summed E-state index contributed by atoms with van der Waals surface area (Å²) in [4.78, 5) is 19.0. The van der Waals surface area contributed by atoms with Gasteiger partial charge in [-0.25, -0.2) is 19.9 Å². The summed E-state index contributed by atoms with van der Waals surface area (Å²) in [5, 5.41) is 0. The van der Waals surface area contributed by atoms with Gasteiger partial charge in [0, 0.05) is 22.9 Å². The van der Waals surface area contributed by atoms with Gasteiger partial charge in [0.2, 0.25) is 5.88 Å². The minimum Gasteiger partial charge on any atom is -0.481 e. The maximum absolute atomic E-state index is 6.56. The maximum atomic E-state index is 6.56. The molecule has 1 aliphatic carbocycles. The molecule has 5 aromatic rings. The fourth-order valence-corrected chi connectivity index (χ4v) is 4.46. The fraction of sp³-hybridized carbons (Fsp3) is 0.185. The van der Waals surface area contributed by atoms with Crippen LogP contribution in [0.5, 0.6) is 5.88 Å². The molecule has 0 radical (unpaired) electrons. The summed E-state index contributed by atoms with van der Waals surface area (Å²) in [5.41, 5.74) is 11.5. The molecule has 0 bridgehead atoms. The Morgan fingerprint density at radius 3 is 2.38 bits per heavy atom. The lowest BCUT2D eigenvalue weighted by molar-refractivity contribution is 0.253. The first kappa shape index (κ1) is 20.5. The number of benzene rings is 2. The van der Waals surface area contributed by atoms with Crippen molar-refractivity contribution < 1.29 is 4.74 Å². The Morgan fingerprint density at radius 1 is 0.882 bits per heavy atom. The Kier molecular flexibility index (Phi) is 4.85. The van der Waals surface area contributed by atoms with Gasteiger partial charge < -0.3 is 10.5 Å². The van der Waals surface area contributed by atoms with Crippen LogP contribution in [0.4, 0.5) is 0 Å². The first-order valence-electron chi connectivity index (χ1n) is 11.4. The molecule has 3 aromatic heterocycles. The van der Waals surface area contributed by atoms with E-state index in [0.717, 1.165) is 29.7 Å². The number of ether oxygens (including phenoxy) is 1. The van der Waals surface area contributed by atoms with Gasteiger partial charge in [-0.2, -0.15) is 0 Å². The molecule has 1 fully saturated rings. The molecule has 0 atom stereocenters. The fourth-order valence-electron chi connectivity index (χ4n) is 4.46. The number of pyridine rings is 1. The maximum Gasteiger partial charge on any atom is 0.213 e. The van der Waals surface area contributed by atoms with E-state index in [4.69, 9.17) is 20.4 Å².